The first kappa shape index (κ1) is 7.03. The van der Waals surface area contributed by atoms with E-state index in [2.05, 4.69) is 0 Å². The zero-order valence-corrected chi connectivity index (χ0v) is 6.19. The molecule has 1 aliphatic heterocycles. The summed E-state index contributed by atoms with van der Waals surface area (Å²) in [4.78, 5) is 21.5. The van der Waals surface area contributed by atoms with Crippen molar-refractivity contribution in [1.29, 1.82) is 0 Å². The van der Waals surface area contributed by atoms with Crippen LogP contribution >= 0.6 is 0 Å². The van der Waals surface area contributed by atoms with E-state index < -0.39 is 12.1 Å². The van der Waals surface area contributed by atoms with Crippen molar-refractivity contribution in [2.45, 2.75) is 6.10 Å². The van der Waals surface area contributed by atoms with Crippen molar-refractivity contribution in [1.82, 2.24) is 0 Å². The van der Waals surface area contributed by atoms with Crippen LogP contribution in [0.2, 0.25) is 0 Å². The fourth-order valence-corrected chi connectivity index (χ4v) is 1.27. The molecule has 0 radical (unpaired) electrons. The summed E-state index contributed by atoms with van der Waals surface area (Å²) in [6, 6.07) is 6.89. The molecule has 0 saturated heterocycles. The molecule has 1 aromatic carbocycles. The first-order valence-corrected chi connectivity index (χ1v) is 3.58. The van der Waals surface area contributed by atoms with E-state index in [0.29, 0.717) is 17.4 Å². The van der Waals surface area contributed by atoms with Crippen molar-refractivity contribution in [2.75, 3.05) is 0 Å². The predicted octanol–water partition coefficient (Wildman–Crippen LogP) is 1.10. The van der Waals surface area contributed by atoms with Gasteiger partial charge in [-0.2, -0.15) is 0 Å². The number of ether oxygens (including phenoxy) is 1. The van der Waals surface area contributed by atoms with E-state index in [1.54, 1.807) is 24.3 Å². The molecule has 1 aliphatic rings. The Labute approximate surface area is 69.0 Å². The van der Waals surface area contributed by atoms with E-state index in [1.807, 2.05) is 0 Å². The summed E-state index contributed by atoms with van der Waals surface area (Å²) in [6.45, 7) is 0. The van der Waals surface area contributed by atoms with Crippen LogP contribution in [0.5, 0.6) is 0 Å². The van der Waals surface area contributed by atoms with Crippen LogP contribution in [0.15, 0.2) is 24.3 Å². The number of carbonyl (C=O) groups excluding carboxylic acids is 2. The average Bonchev–Trinajstić information content (AvgIpc) is 2.44. The van der Waals surface area contributed by atoms with Crippen LogP contribution in [0.4, 0.5) is 0 Å². The van der Waals surface area contributed by atoms with Crippen LogP contribution in [0, 0.1) is 0 Å². The number of hydrogen-bond donors (Lipinski definition) is 0. The first-order valence-electron chi connectivity index (χ1n) is 3.58. The monoisotopic (exact) mass is 162 g/mol. The van der Waals surface area contributed by atoms with Crippen LogP contribution in [0.25, 0.3) is 0 Å². The summed E-state index contributed by atoms with van der Waals surface area (Å²) >= 11 is 0. The van der Waals surface area contributed by atoms with Gasteiger partial charge in [0.05, 0.1) is 5.56 Å². The zero-order valence-electron chi connectivity index (χ0n) is 6.19. The lowest BCUT2D eigenvalue weighted by Crippen LogP contribution is -1.98. The van der Waals surface area contributed by atoms with Gasteiger partial charge in [0.25, 0.3) is 0 Å². The number of aldehydes is 1. The van der Waals surface area contributed by atoms with Gasteiger partial charge in [0, 0.05) is 5.56 Å². The van der Waals surface area contributed by atoms with Crippen molar-refractivity contribution in [2.24, 2.45) is 0 Å². The maximum atomic E-state index is 11.1. The Kier molecular flexibility index (Phi) is 1.43. The highest BCUT2D eigenvalue weighted by molar-refractivity contribution is 5.96. The van der Waals surface area contributed by atoms with Gasteiger partial charge in [-0.05, 0) is 6.07 Å². The van der Waals surface area contributed by atoms with Gasteiger partial charge in [0.15, 0.2) is 12.4 Å². The topological polar surface area (TPSA) is 43.4 Å². The molecular formula is C9H6O3. The summed E-state index contributed by atoms with van der Waals surface area (Å²) in [5.41, 5.74) is 1.16. The number of esters is 1. The van der Waals surface area contributed by atoms with Gasteiger partial charge in [-0.3, -0.25) is 4.79 Å². The van der Waals surface area contributed by atoms with E-state index in [1.165, 1.54) is 0 Å². The van der Waals surface area contributed by atoms with Crippen molar-refractivity contribution < 1.29 is 14.3 Å². The standard InChI is InChI=1S/C9H6O3/c10-5-8-6-3-1-2-4-7(6)9(11)12-8/h1-5,8H/t8-/m1/s1. The lowest BCUT2D eigenvalue weighted by Gasteiger charge is -1.98. The summed E-state index contributed by atoms with van der Waals surface area (Å²) in [7, 11) is 0. The second-order valence-electron chi connectivity index (χ2n) is 2.55. The molecule has 1 aromatic rings. The van der Waals surface area contributed by atoms with Crippen molar-refractivity contribution in [3.8, 4) is 0 Å². The Morgan fingerprint density at radius 3 is 2.83 bits per heavy atom. The molecule has 0 N–H and O–H groups in total. The molecule has 0 aromatic heterocycles. The lowest BCUT2D eigenvalue weighted by molar-refractivity contribution is -0.115. The molecule has 0 fully saturated rings. The van der Waals surface area contributed by atoms with Crippen molar-refractivity contribution in [3.05, 3.63) is 35.4 Å². The van der Waals surface area contributed by atoms with E-state index in [9.17, 15) is 9.59 Å². The van der Waals surface area contributed by atoms with Gasteiger partial charge in [-0.1, -0.05) is 18.2 Å². The highest BCUT2D eigenvalue weighted by Crippen LogP contribution is 2.28. The quantitative estimate of drug-likeness (QED) is 0.458. The molecule has 2 rings (SSSR count). The molecule has 0 bridgehead atoms. The number of benzene rings is 1. The minimum atomic E-state index is -0.700. The van der Waals surface area contributed by atoms with E-state index >= 15 is 0 Å². The third-order valence-corrected chi connectivity index (χ3v) is 1.84. The second kappa shape index (κ2) is 2.44. The third-order valence-electron chi connectivity index (χ3n) is 1.84. The number of hydrogen-bond acceptors (Lipinski definition) is 3. The van der Waals surface area contributed by atoms with Gasteiger partial charge in [0.2, 0.25) is 0 Å². The normalized spacial score (nSPS) is 20.0. The van der Waals surface area contributed by atoms with Crippen LogP contribution in [0.3, 0.4) is 0 Å². The minimum Gasteiger partial charge on any atom is -0.446 e. The summed E-state index contributed by atoms with van der Waals surface area (Å²) in [5, 5.41) is 0. The van der Waals surface area contributed by atoms with Gasteiger partial charge >= 0.3 is 5.97 Å². The Bertz CT molecular complexity index is 343. The molecule has 1 heterocycles. The van der Waals surface area contributed by atoms with Gasteiger partial charge in [0.1, 0.15) is 0 Å². The fourth-order valence-electron chi connectivity index (χ4n) is 1.27. The van der Waals surface area contributed by atoms with E-state index in [0.717, 1.165) is 0 Å². The molecule has 12 heavy (non-hydrogen) atoms. The van der Waals surface area contributed by atoms with Crippen LogP contribution in [-0.4, -0.2) is 12.3 Å². The highest BCUT2D eigenvalue weighted by atomic mass is 16.6. The molecule has 60 valence electrons. The summed E-state index contributed by atoms with van der Waals surface area (Å²) < 4.78 is 4.77. The summed E-state index contributed by atoms with van der Waals surface area (Å²) in [5.74, 6) is -0.414. The Morgan fingerprint density at radius 2 is 2.08 bits per heavy atom. The van der Waals surface area contributed by atoms with Crippen molar-refractivity contribution in [3.63, 3.8) is 0 Å². The summed E-state index contributed by atoms with van der Waals surface area (Å²) in [6.07, 6.45) is -0.0716. The van der Waals surface area contributed by atoms with Crippen LogP contribution < -0.4 is 0 Å². The molecular weight excluding hydrogens is 156 g/mol. The second-order valence-corrected chi connectivity index (χ2v) is 2.55. The molecule has 0 spiro atoms. The number of carbonyl (C=O) groups is 2. The van der Waals surface area contributed by atoms with E-state index in [4.69, 9.17) is 4.74 Å². The largest absolute Gasteiger partial charge is 0.446 e. The third kappa shape index (κ3) is 0.830. The molecule has 0 aliphatic carbocycles. The van der Waals surface area contributed by atoms with Gasteiger partial charge in [-0.25, -0.2) is 4.79 Å². The van der Waals surface area contributed by atoms with E-state index in [-0.39, 0.29) is 0 Å². The predicted molar refractivity (Wildman–Crippen MR) is 40.7 cm³/mol. The SMILES string of the molecule is O=C[C@H]1OC(=O)c2ccccc21. The van der Waals surface area contributed by atoms with Crippen molar-refractivity contribution >= 4 is 12.3 Å². The van der Waals surface area contributed by atoms with Gasteiger partial charge in [-0.15, -0.1) is 0 Å². The molecule has 3 nitrogen and oxygen atoms in total. The van der Waals surface area contributed by atoms with Gasteiger partial charge < -0.3 is 4.74 Å². The lowest BCUT2D eigenvalue weighted by atomic mass is 10.1. The number of fused-ring (bicyclic) bond motifs is 1. The maximum absolute atomic E-state index is 11.1. The van der Waals surface area contributed by atoms with Crippen LogP contribution in [-0.2, 0) is 9.53 Å². The number of rotatable bonds is 1. The average molecular weight is 162 g/mol. The Hall–Kier alpha value is -1.64. The minimum absolute atomic E-state index is 0.414. The van der Waals surface area contributed by atoms with Crippen LogP contribution in [0.1, 0.15) is 22.0 Å². The molecule has 3 heteroatoms. The zero-order chi connectivity index (χ0) is 8.55. The Morgan fingerprint density at radius 1 is 1.33 bits per heavy atom. The molecule has 0 unspecified atom stereocenters. The molecule has 1 atom stereocenters. The molecule has 0 amide bonds. The number of cyclic esters (lactones) is 1. The smallest absolute Gasteiger partial charge is 0.339 e. The first-order chi connectivity index (χ1) is 5.83. The highest BCUT2D eigenvalue weighted by Gasteiger charge is 2.29. The maximum Gasteiger partial charge on any atom is 0.339 e. The fraction of sp³-hybridized carbons (Fsp3) is 0.111. The Balaban J connectivity index is 2.57. The molecule has 0 saturated carbocycles.